The standard InChI is InChI=1S/C23H18N2O4/c1-29-18-13-11-16(12-14-18)21(26)15-24-20-10-6-5-9-19(20)22(27)25(23(24)28)17-7-3-2-4-8-17/h2-14H,15H2,1H3/p+2. The van der Waals surface area contributed by atoms with Crippen molar-refractivity contribution in [2.24, 2.45) is 0 Å². The quantitative estimate of drug-likeness (QED) is 0.407. The van der Waals surface area contributed by atoms with E-state index in [9.17, 15) is 15.0 Å². The van der Waals surface area contributed by atoms with Crippen LogP contribution in [0, 0.1) is 0 Å². The van der Waals surface area contributed by atoms with Crippen LogP contribution in [0.15, 0.2) is 78.9 Å². The summed E-state index contributed by atoms with van der Waals surface area (Å²) in [5, 5.41) is 22.3. The number of carbonyl (C=O) groups excluding carboxylic acids is 1. The molecule has 6 nitrogen and oxygen atoms in total. The fraction of sp³-hybridized carbons (Fsp3) is 0.0870. The fourth-order valence-electron chi connectivity index (χ4n) is 3.32. The van der Waals surface area contributed by atoms with Gasteiger partial charge in [0.2, 0.25) is 23.5 Å². The molecule has 144 valence electrons. The number of ketones is 1. The zero-order chi connectivity index (χ0) is 20.4. The highest BCUT2D eigenvalue weighted by Crippen LogP contribution is 2.23. The number of nitrogens with zero attached hydrogens (tertiary/aromatic N) is 2. The smallest absolute Gasteiger partial charge is 0.497 e. The first kappa shape index (κ1) is 18.4. The number of hydrogen-bond donors (Lipinski definition) is 2. The predicted molar refractivity (Wildman–Crippen MR) is 106 cm³/mol. The number of methoxy groups -OCH3 is 1. The second-order valence-corrected chi connectivity index (χ2v) is 6.55. The molecule has 0 radical (unpaired) electrons. The molecule has 0 aliphatic carbocycles. The van der Waals surface area contributed by atoms with Crippen LogP contribution in [-0.4, -0.2) is 23.1 Å². The van der Waals surface area contributed by atoms with Crippen LogP contribution in [-0.2, 0) is 6.54 Å². The van der Waals surface area contributed by atoms with Crippen LogP contribution in [0.4, 0.5) is 0 Å². The minimum Gasteiger partial charge on any atom is -0.497 e. The zero-order valence-corrected chi connectivity index (χ0v) is 15.8. The highest BCUT2D eigenvalue weighted by Gasteiger charge is 2.36. The summed E-state index contributed by atoms with van der Waals surface area (Å²) in [5.41, 5.74) is 1.64. The number of para-hydroxylation sites is 2. The van der Waals surface area contributed by atoms with Crippen molar-refractivity contribution in [1.82, 2.24) is 0 Å². The number of ether oxygens (including phenoxy) is 1. The monoisotopic (exact) mass is 388 g/mol. The SMILES string of the molecule is COc1ccc(C(=O)C[n+]2c(O)[n+](-c3ccccc3)c(O)c3ccccc32)cc1. The maximum absolute atomic E-state index is 12.9. The molecule has 0 aliphatic heterocycles. The number of benzene rings is 3. The number of aromatic hydroxyl groups is 2. The van der Waals surface area contributed by atoms with Crippen molar-refractivity contribution < 1.29 is 28.9 Å². The molecule has 0 spiro atoms. The van der Waals surface area contributed by atoms with E-state index in [4.69, 9.17) is 4.74 Å². The first-order valence-corrected chi connectivity index (χ1v) is 9.11. The zero-order valence-electron chi connectivity index (χ0n) is 15.8. The van der Waals surface area contributed by atoms with Crippen molar-refractivity contribution in [3.05, 3.63) is 84.4 Å². The molecule has 4 rings (SSSR count). The van der Waals surface area contributed by atoms with E-state index in [2.05, 4.69) is 0 Å². The van der Waals surface area contributed by atoms with Gasteiger partial charge in [0.15, 0.2) is 5.39 Å². The molecule has 0 bridgehead atoms. The third kappa shape index (κ3) is 3.36. The Kier molecular flexibility index (Phi) is 4.83. The van der Waals surface area contributed by atoms with E-state index in [1.54, 1.807) is 67.8 Å². The van der Waals surface area contributed by atoms with E-state index in [0.717, 1.165) is 0 Å². The predicted octanol–water partition coefficient (Wildman–Crippen LogP) is 2.71. The summed E-state index contributed by atoms with van der Waals surface area (Å²) in [7, 11) is 1.57. The van der Waals surface area contributed by atoms with Gasteiger partial charge in [0, 0.05) is 23.8 Å². The van der Waals surface area contributed by atoms with Gasteiger partial charge in [-0.05, 0) is 34.9 Å². The van der Waals surface area contributed by atoms with E-state index in [-0.39, 0.29) is 24.2 Å². The minimum atomic E-state index is -0.241. The van der Waals surface area contributed by atoms with Crippen molar-refractivity contribution in [2.45, 2.75) is 6.54 Å². The summed E-state index contributed by atoms with van der Waals surface area (Å²) in [4.78, 5) is 12.9. The maximum atomic E-state index is 12.9. The third-order valence-corrected chi connectivity index (χ3v) is 4.82. The number of hydrogen-bond acceptors (Lipinski definition) is 4. The molecule has 0 amide bonds. The summed E-state index contributed by atoms with van der Waals surface area (Å²) in [6.07, 6.45) is 0. The van der Waals surface area contributed by atoms with Crippen molar-refractivity contribution in [3.8, 4) is 23.3 Å². The number of rotatable bonds is 5. The first-order chi connectivity index (χ1) is 14.1. The molecule has 1 aromatic heterocycles. The van der Waals surface area contributed by atoms with Crippen LogP contribution in [0.2, 0.25) is 0 Å². The number of Topliss-reactive ketones (excluding diaryl/α,β-unsaturated/α-hetero) is 1. The van der Waals surface area contributed by atoms with Crippen molar-refractivity contribution in [3.63, 3.8) is 0 Å². The van der Waals surface area contributed by atoms with Gasteiger partial charge in [-0.3, -0.25) is 4.79 Å². The molecule has 0 fully saturated rings. The number of fused-ring (bicyclic) bond motifs is 1. The molecule has 1 heterocycles. The average molecular weight is 388 g/mol. The molecule has 0 atom stereocenters. The summed E-state index contributed by atoms with van der Waals surface area (Å²) in [5.74, 6) is 0.384. The van der Waals surface area contributed by atoms with E-state index < -0.39 is 0 Å². The van der Waals surface area contributed by atoms with Gasteiger partial charge in [0.25, 0.3) is 0 Å². The highest BCUT2D eigenvalue weighted by atomic mass is 16.5. The second kappa shape index (κ2) is 7.59. The third-order valence-electron chi connectivity index (χ3n) is 4.82. The van der Waals surface area contributed by atoms with Crippen LogP contribution < -0.4 is 13.9 Å². The molecule has 0 saturated heterocycles. The molecule has 0 saturated carbocycles. The van der Waals surface area contributed by atoms with E-state index in [0.29, 0.717) is 27.9 Å². The van der Waals surface area contributed by atoms with Crippen molar-refractivity contribution >= 4 is 16.7 Å². The van der Waals surface area contributed by atoms with Gasteiger partial charge in [-0.1, -0.05) is 34.9 Å². The van der Waals surface area contributed by atoms with E-state index in [1.165, 1.54) is 9.13 Å². The highest BCUT2D eigenvalue weighted by molar-refractivity contribution is 5.95. The molecule has 0 unspecified atom stereocenters. The first-order valence-electron chi connectivity index (χ1n) is 9.11. The number of aromatic nitrogens is 2. The lowest BCUT2D eigenvalue weighted by Crippen LogP contribution is -2.48. The summed E-state index contributed by atoms with van der Waals surface area (Å²) < 4.78 is 7.95. The molecule has 2 N–H and O–H groups in total. The Bertz CT molecular complexity index is 1190. The minimum absolute atomic E-state index is 0.0915. The Labute approximate surface area is 167 Å². The average Bonchev–Trinajstić information content (AvgIpc) is 2.77. The Morgan fingerprint density at radius 1 is 0.897 bits per heavy atom. The lowest BCUT2D eigenvalue weighted by atomic mass is 10.1. The fourth-order valence-corrected chi connectivity index (χ4v) is 3.32. The molecule has 0 aliphatic rings. The maximum Gasteiger partial charge on any atom is 0.638 e. The van der Waals surface area contributed by atoms with Crippen LogP contribution in [0.1, 0.15) is 10.4 Å². The van der Waals surface area contributed by atoms with Gasteiger partial charge < -0.3 is 14.9 Å². The lowest BCUT2D eigenvalue weighted by Gasteiger charge is -2.05. The van der Waals surface area contributed by atoms with E-state index >= 15 is 0 Å². The van der Waals surface area contributed by atoms with Crippen LogP contribution in [0.25, 0.3) is 16.6 Å². The van der Waals surface area contributed by atoms with E-state index in [1.807, 2.05) is 18.2 Å². The van der Waals surface area contributed by atoms with Gasteiger partial charge in [-0.15, -0.1) is 0 Å². The molecular weight excluding hydrogens is 368 g/mol. The largest absolute Gasteiger partial charge is 0.638 e. The van der Waals surface area contributed by atoms with Crippen molar-refractivity contribution in [1.29, 1.82) is 0 Å². The van der Waals surface area contributed by atoms with Gasteiger partial charge in [-0.25, -0.2) is 0 Å². The molecule has 29 heavy (non-hydrogen) atoms. The van der Waals surface area contributed by atoms with Gasteiger partial charge in [0.05, 0.1) is 7.11 Å². The van der Waals surface area contributed by atoms with Crippen LogP contribution >= 0.6 is 0 Å². The van der Waals surface area contributed by atoms with Crippen molar-refractivity contribution in [2.75, 3.05) is 7.11 Å². The summed E-state index contributed by atoms with van der Waals surface area (Å²) in [6.45, 7) is -0.0915. The van der Waals surface area contributed by atoms with Gasteiger partial charge in [-0.2, -0.15) is 0 Å². The Morgan fingerprint density at radius 2 is 1.55 bits per heavy atom. The topological polar surface area (TPSA) is 74.5 Å². The Balaban J connectivity index is 1.86. The molecular formula is C23H20N2O4+2. The summed E-state index contributed by atoms with van der Waals surface area (Å²) >= 11 is 0. The number of carbonyl (C=O) groups is 1. The van der Waals surface area contributed by atoms with Gasteiger partial charge in [0.1, 0.15) is 5.75 Å². The lowest BCUT2D eigenvalue weighted by molar-refractivity contribution is -0.774. The Morgan fingerprint density at radius 3 is 2.24 bits per heavy atom. The van der Waals surface area contributed by atoms with Gasteiger partial charge >= 0.3 is 11.9 Å². The normalized spacial score (nSPS) is 10.8. The second-order valence-electron chi connectivity index (χ2n) is 6.55. The molecule has 3 aromatic carbocycles. The van der Waals surface area contributed by atoms with Crippen LogP contribution in [0.5, 0.6) is 17.6 Å². The molecule has 4 aromatic rings. The molecule has 6 heteroatoms. The summed E-state index contributed by atoms with van der Waals surface area (Å²) in [6, 6.07) is 22.7. The Hall–Kier alpha value is -3.93. The van der Waals surface area contributed by atoms with Crippen LogP contribution in [0.3, 0.4) is 0 Å².